The lowest BCUT2D eigenvalue weighted by Crippen LogP contribution is -2.34. The van der Waals surface area contributed by atoms with Gasteiger partial charge in [-0.25, -0.2) is 4.39 Å². The zero-order valence-corrected chi connectivity index (χ0v) is 17.9. The molecule has 2 aromatic carbocycles. The zero-order valence-electron chi connectivity index (χ0n) is 17.1. The number of rotatable bonds is 5. The highest BCUT2D eigenvalue weighted by molar-refractivity contribution is 7.99. The molecule has 0 saturated carbocycles. The number of aliphatic hydroxyl groups excluding tert-OH is 1. The molecule has 2 aliphatic heterocycles. The van der Waals surface area contributed by atoms with E-state index in [9.17, 15) is 17.6 Å². The maximum atomic E-state index is 13.8. The summed E-state index contributed by atoms with van der Waals surface area (Å²) in [5.41, 5.74) is 1.40. The number of likely N-dealkylation sites (tertiary alicyclic amines) is 1. The smallest absolute Gasteiger partial charge is 0.396 e. The number of fused-ring (bicyclic) bond motifs is 2. The van der Waals surface area contributed by atoms with Crippen LogP contribution in [0.5, 0.6) is 0 Å². The molecule has 2 heterocycles. The lowest BCUT2D eigenvalue weighted by atomic mass is 9.93. The molecule has 1 N–H and O–H groups in total. The van der Waals surface area contributed by atoms with Crippen LogP contribution < -0.4 is 0 Å². The van der Waals surface area contributed by atoms with Crippen molar-refractivity contribution in [2.24, 2.45) is 5.92 Å². The highest BCUT2D eigenvalue weighted by Gasteiger charge is 2.32. The molecule has 1 saturated heterocycles. The Hall–Kier alpha value is -1.83. The van der Waals surface area contributed by atoms with Gasteiger partial charge in [0.05, 0.1) is 5.56 Å². The Morgan fingerprint density at radius 2 is 1.81 bits per heavy atom. The van der Waals surface area contributed by atoms with Crippen molar-refractivity contribution in [2.45, 2.75) is 41.7 Å². The van der Waals surface area contributed by atoms with Gasteiger partial charge in [-0.3, -0.25) is 0 Å². The van der Waals surface area contributed by atoms with Crippen LogP contribution in [0.25, 0.3) is 5.57 Å². The van der Waals surface area contributed by atoms with E-state index in [4.69, 9.17) is 5.11 Å². The van der Waals surface area contributed by atoms with E-state index in [1.54, 1.807) is 6.07 Å². The monoisotopic (exact) mass is 451 g/mol. The van der Waals surface area contributed by atoms with Crippen molar-refractivity contribution in [2.75, 3.05) is 26.2 Å². The van der Waals surface area contributed by atoms with Crippen molar-refractivity contribution in [3.63, 3.8) is 0 Å². The number of piperidine rings is 1. The van der Waals surface area contributed by atoms with Crippen LogP contribution in [0.1, 0.15) is 42.4 Å². The summed E-state index contributed by atoms with van der Waals surface area (Å²) < 4.78 is 53.7. The number of benzene rings is 2. The summed E-state index contributed by atoms with van der Waals surface area (Å²) in [6.45, 7) is 3.00. The summed E-state index contributed by atoms with van der Waals surface area (Å²) in [6.07, 6.45) is 1.27. The van der Waals surface area contributed by atoms with Crippen LogP contribution in [0.2, 0.25) is 0 Å². The maximum absolute atomic E-state index is 13.8. The third-order valence-corrected chi connectivity index (χ3v) is 7.22. The van der Waals surface area contributed by atoms with Crippen LogP contribution in [-0.2, 0) is 6.18 Å². The molecule has 0 atom stereocenters. The summed E-state index contributed by atoms with van der Waals surface area (Å²) in [5.74, 6) is 0.219. The Morgan fingerprint density at radius 1 is 1.03 bits per heavy atom. The molecular weight excluding hydrogens is 426 g/mol. The van der Waals surface area contributed by atoms with Gasteiger partial charge in [-0.1, -0.05) is 23.9 Å². The first-order valence-electron chi connectivity index (χ1n) is 10.6. The highest BCUT2D eigenvalue weighted by Crippen LogP contribution is 2.47. The van der Waals surface area contributed by atoms with Crippen molar-refractivity contribution in [1.29, 1.82) is 0 Å². The number of aliphatic hydroxyl groups is 1. The van der Waals surface area contributed by atoms with Crippen LogP contribution >= 0.6 is 11.8 Å². The molecule has 166 valence electrons. The number of hydrogen-bond acceptors (Lipinski definition) is 3. The predicted molar refractivity (Wildman–Crippen MR) is 115 cm³/mol. The Morgan fingerprint density at radius 3 is 2.52 bits per heavy atom. The van der Waals surface area contributed by atoms with Crippen molar-refractivity contribution in [1.82, 2.24) is 4.90 Å². The lowest BCUT2D eigenvalue weighted by Gasteiger charge is -2.31. The van der Waals surface area contributed by atoms with Gasteiger partial charge in [-0.15, -0.1) is 0 Å². The second kappa shape index (κ2) is 9.35. The fourth-order valence-corrected chi connectivity index (χ4v) is 5.48. The van der Waals surface area contributed by atoms with E-state index >= 15 is 0 Å². The van der Waals surface area contributed by atoms with Gasteiger partial charge in [-0.2, -0.15) is 13.2 Å². The number of nitrogens with zero attached hydrogens (tertiary/aromatic N) is 1. The van der Waals surface area contributed by atoms with Crippen LogP contribution in [0.4, 0.5) is 17.6 Å². The minimum Gasteiger partial charge on any atom is -0.396 e. The van der Waals surface area contributed by atoms with E-state index in [-0.39, 0.29) is 12.4 Å². The third kappa shape index (κ3) is 5.16. The summed E-state index contributed by atoms with van der Waals surface area (Å²) in [7, 11) is 0. The third-order valence-electron chi connectivity index (χ3n) is 6.09. The molecule has 4 rings (SSSR count). The molecule has 0 bridgehead atoms. The van der Waals surface area contributed by atoms with Crippen LogP contribution in [0, 0.1) is 11.7 Å². The minimum atomic E-state index is -4.41. The quantitative estimate of drug-likeness (QED) is 0.466. The highest BCUT2D eigenvalue weighted by atomic mass is 32.2. The van der Waals surface area contributed by atoms with Gasteiger partial charge < -0.3 is 10.0 Å². The molecule has 31 heavy (non-hydrogen) atoms. The van der Waals surface area contributed by atoms with Gasteiger partial charge in [0, 0.05) is 22.9 Å². The van der Waals surface area contributed by atoms with Crippen LogP contribution in [-0.4, -0.2) is 36.2 Å². The Kier molecular flexibility index (Phi) is 6.74. The molecule has 0 aromatic heterocycles. The van der Waals surface area contributed by atoms with Crippen LogP contribution in [0.3, 0.4) is 0 Å². The topological polar surface area (TPSA) is 23.5 Å². The van der Waals surface area contributed by atoms with Crippen molar-refractivity contribution in [3.05, 3.63) is 65.0 Å². The number of hydrogen-bond donors (Lipinski definition) is 1. The average molecular weight is 452 g/mol. The molecule has 2 aliphatic rings. The van der Waals surface area contributed by atoms with Gasteiger partial charge >= 0.3 is 6.18 Å². The van der Waals surface area contributed by atoms with E-state index in [2.05, 4.69) is 4.90 Å². The molecule has 0 amide bonds. The molecule has 0 spiro atoms. The second-order valence-corrected chi connectivity index (χ2v) is 9.24. The zero-order chi connectivity index (χ0) is 22.0. The minimum absolute atomic E-state index is 0.230. The summed E-state index contributed by atoms with van der Waals surface area (Å²) in [6, 6.07) is 8.24. The van der Waals surface area contributed by atoms with Gasteiger partial charge in [0.15, 0.2) is 0 Å². The molecule has 2 aromatic rings. The van der Waals surface area contributed by atoms with E-state index in [1.807, 2.05) is 6.08 Å². The summed E-state index contributed by atoms with van der Waals surface area (Å²) in [4.78, 5) is 3.80. The summed E-state index contributed by atoms with van der Waals surface area (Å²) in [5, 5.41) is 9.10. The molecule has 2 nitrogen and oxygen atoms in total. The van der Waals surface area contributed by atoms with Crippen molar-refractivity contribution in [3.8, 4) is 0 Å². The Bertz CT molecular complexity index is 965. The Labute approximate surface area is 184 Å². The molecule has 0 unspecified atom stereocenters. The standard InChI is InChI=1S/C24H25F4NOS/c25-18-4-5-20-19(2-1-10-29-11-7-16(8-12-29)9-13-30)21-14-17(24(26,27)28)3-6-22(21)31-23(20)15-18/h2-6,14-16,30H,1,7-13H2/b19-2+. The van der Waals surface area contributed by atoms with Crippen LogP contribution in [0.15, 0.2) is 52.3 Å². The SMILES string of the molecule is OCCC1CCN(CC/C=C2\c3ccc(F)cc3Sc3ccc(C(F)(F)F)cc32)CC1. The fraction of sp³-hybridized carbons (Fsp3) is 0.417. The first kappa shape index (κ1) is 22.4. The molecule has 0 aliphatic carbocycles. The van der Waals surface area contributed by atoms with Gasteiger partial charge in [0.25, 0.3) is 0 Å². The molecule has 0 radical (unpaired) electrons. The number of alkyl halides is 3. The van der Waals surface area contributed by atoms with Gasteiger partial charge in [0.1, 0.15) is 5.82 Å². The largest absolute Gasteiger partial charge is 0.416 e. The van der Waals surface area contributed by atoms with E-state index < -0.39 is 11.7 Å². The maximum Gasteiger partial charge on any atom is 0.416 e. The number of halogens is 4. The van der Waals surface area contributed by atoms with Gasteiger partial charge in [0.2, 0.25) is 0 Å². The second-order valence-electron chi connectivity index (χ2n) is 8.16. The lowest BCUT2D eigenvalue weighted by molar-refractivity contribution is -0.137. The Balaban J connectivity index is 1.57. The van der Waals surface area contributed by atoms with E-state index in [0.29, 0.717) is 22.8 Å². The molecular formula is C24H25F4NOS. The average Bonchev–Trinajstić information content (AvgIpc) is 2.73. The fourth-order valence-electron chi connectivity index (χ4n) is 4.37. The van der Waals surface area contributed by atoms with Crippen molar-refractivity contribution < 1.29 is 22.7 Å². The van der Waals surface area contributed by atoms with Crippen molar-refractivity contribution >= 4 is 17.3 Å². The molecule has 7 heteroatoms. The predicted octanol–water partition coefficient (Wildman–Crippen LogP) is 6.23. The summed E-state index contributed by atoms with van der Waals surface area (Å²) >= 11 is 1.31. The van der Waals surface area contributed by atoms with E-state index in [1.165, 1.54) is 36.0 Å². The normalized spacial score (nSPS) is 18.8. The first-order chi connectivity index (χ1) is 14.8. The molecule has 1 fully saturated rings. The van der Waals surface area contributed by atoms with E-state index in [0.717, 1.165) is 61.0 Å². The van der Waals surface area contributed by atoms with Gasteiger partial charge in [-0.05, 0) is 91.7 Å². The first-order valence-corrected chi connectivity index (χ1v) is 11.4.